The summed E-state index contributed by atoms with van der Waals surface area (Å²) in [5.74, 6) is 2.85. The van der Waals surface area contributed by atoms with E-state index in [4.69, 9.17) is 9.73 Å². The molecule has 0 aromatic rings. The predicted molar refractivity (Wildman–Crippen MR) is 92.7 cm³/mol. The molecule has 3 fully saturated rings. The zero-order valence-corrected chi connectivity index (χ0v) is 15.1. The summed E-state index contributed by atoms with van der Waals surface area (Å²) in [4.78, 5) is 7.30. The molecule has 3 aliphatic rings. The molecule has 1 spiro atoms. The van der Waals surface area contributed by atoms with Gasteiger partial charge in [-0.15, -0.1) is 24.0 Å². The van der Waals surface area contributed by atoms with Crippen LogP contribution < -0.4 is 5.32 Å². The van der Waals surface area contributed by atoms with Crippen molar-refractivity contribution in [1.29, 1.82) is 0 Å². The maximum atomic E-state index is 5.61. The van der Waals surface area contributed by atoms with E-state index in [1.165, 1.54) is 19.3 Å². The van der Waals surface area contributed by atoms with Crippen molar-refractivity contribution in [2.24, 2.45) is 22.2 Å². The fraction of sp³-hybridized carbons (Fsp3) is 0.933. The summed E-state index contributed by atoms with van der Waals surface area (Å²) in [6.45, 7) is 10.6. The minimum atomic E-state index is 0. The van der Waals surface area contributed by atoms with Crippen molar-refractivity contribution in [3.05, 3.63) is 0 Å². The number of hydrogen-bond donors (Lipinski definition) is 1. The zero-order valence-electron chi connectivity index (χ0n) is 12.7. The first-order valence-corrected chi connectivity index (χ1v) is 7.83. The number of nitrogens with one attached hydrogen (secondary N) is 1. The minimum Gasteiger partial charge on any atom is -0.381 e. The van der Waals surface area contributed by atoms with Crippen LogP contribution in [0.4, 0.5) is 0 Å². The van der Waals surface area contributed by atoms with Gasteiger partial charge in [0.1, 0.15) is 0 Å². The summed E-state index contributed by atoms with van der Waals surface area (Å²) in [7, 11) is 0. The van der Waals surface area contributed by atoms with Gasteiger partial charge in [-0.2, -0.15) is 0 Å². The lowest BCUT2D eigenvalue weighted by Crippen LogP contribution is -2.41. The molecule has 1 saturated carbocycles. The molecule has 0 aromatic carbocycles. The van der Waals surface area contributed by atoms with Crippen LogP contribution in [0.3, 0.4) is 0 Å². The second-order valence-electron chi connectivity index (χ2n) is 6.64. The van der Waals surface area contributed by atoms with Gasteiger partial charge in [0, 0.05) is 38.2 Å². The molecule has 3 atom stereocenters. The molecule has 2 aliphatic heterocycles. The number of hydrogen-bond acceptors (Lipinski definition) is 2. The zero-order chi connectivity index (χ0) is 13.3. The van der Waals surface area contributed by atoms with E-state index in [1.54, 1.807) is 0 Å². The van der Waals surface area contributed by atoms with Crippen molar-refractivity contribution in [2.75, 3.05) is 39.4 Å². The molecule has 1 aliphatic carbocycles. The third-order valence-corrected chi connectivity index (χ3v) is 5.01. The molecule has 1 N–H and O–H groups in total. The van der Waals surface area contributed by atoms with Gasteiger partial charge in [0.05, 0.1) is 6.61 Å². The number of aliphatic imine (C=N–C) groups is 1. The average molecular weight is 393 g/mol. The molecule has 3 unspecified atom stereocenters. The lowest BCUT2D eigenvalue weighted by molar-refractivity contribution is 0.156. The van der Waals surface area contributed by atoms with E-state index in [9.17, 15) is 0 Å². The normalized spacial score (nSPS) is 36.3. The van der Waals surface area contributed by atoms with Gasteiger partial charge in [-0.05, 0) is 38.0 Å². The highest BCUT2D eigenvalue weighted by Gasteiger charge is 2.42. The van der Waals surface area contributed by atoms with Crippen molar-refractivity contribution in [1.82, 2.24) is 10.2 Å². The molecule has 2 heterocycles. The molecule has 0 bridgehead atoms. The number of nitrogens with zero attached hydrogens (tertiary/aromatic N) is 2. The lowest BCUT2D eigenvalue weighted by atomic mass is 9.87. The molecule has 4 nitrogen and oxygen atoms in total. The smallest absolute Gasteiger partial charge is 0.193 e. The Hall–Kier alpha value is -0.0400. The van der Waals surface area contributed by atoms with Crippen LogP contribution in [0.2, 0.25) is 0 Å². The van der Waals surface area contributed by atoms with Gasteiger partial charge in [-0.1, -0.05) is 6.92 Å². The first kappa shape index (κ1) is 16.3. The predicted octanol–water partition coefficient (Wildman–Crippen LogP) is 2.34. The maximum Gasteiger partial charge on any atom is 0.193 e. The summed E-state index contributed by atoms with van der Waals surface area (Å²) in [5.41, 5.74) is 0.420. The van der Waals surface area contributed by atoms with Gasteiger partial charge in [-0.25, -0.2) is 0 Å². The Bertz CT molecular complexity index is 355. The first-order chi connectivity index (χ1) is 9.22. The van der Waals surface area contributed by atoms with Crippen LogP contribution in [0, 0.1) is 17.3 Å². The van der Waals surface area contributed by atoms with Crippen LogP contribution in [-0.2, 0) is 4.74 Å². The van der Waals surface area contributed by atoms with Crippen molar-refractivity contribution in [3.63, 3.8) is 0 Å². The molecule has 5 heteroatoms. The quantitative estimate of drug-likeness (QED) is 0.454. The highest BCUT2D eigenvalue weighted by atomic mass is 127. The van der Waals surface area contributed by atoms with E-state index in [2.05, 4.69) is 24.1 Å². The van der Waals surface area contributed by atoms with Gasteiger partial charge in [0.2, 0.25) is 0 Å². The first-order valence-electron chi connectivity index (χ1n) is 7.83. The van der Waals surface area contributed by atoms with E-state index >= 15 is 0 Å². The van der Waals surface area contributed by atoms with Gasteiger partial charge < -0.3 is 15.0 Å². The van der Waals surface area contributed by atoms with E-state index < -0.39 is 0 Å². The summed E-state index contributed by atoms with van der Waals surface area (Å²) < 4.78 is 5.61. The second kappa shape index (κ2) is 6.81. The van der Waals surface area contributed by atoms with E-state index in [0.717, 1.165) is 57.2 Å². The Morgan fingerprint density at radius 2 is 2.25 bits per heavy atom. The lowest BCUT2D eigenvalue weighted by Gasteiger charge is -2.25. The topological polar surface area (TPSA) is 36.9 Å². The van der Waals surface area contributed by atoms with E-state index in [1.807, 2.05) is 0 Å². The molecule has 3 rings (SSSR count). The number of halogens is 1. The van der Waals surface area contributed by atoms with E-state index in [-0.39, 0.29) is 24.0 Å². The molecule has 0 amide bonds. The summed E-state index contributed by atoms with van der Waals surface area (Å²) in [6, 6.07) is 0. The largest absolute Gasteiger partial charge is 0.381 e. The van der Waals surface area contributed by atoms with Crippen LogP contribution in [0.15, 0.2) is 4.99 Å². The van der Waals surface area contributed by atoms with E-state index in [0.29, 0.717) is 5.41 Å². The number of ether oxygens (including phenoxy) is 1. The highest BCUT2D eigenvalue weighted by molar-refractivity contribution is 14.0. The van der Waals surface area contributed by atoms with Gasteiger partial charge in [-0.3, -0.25) is 4.99 Å². The third kappa shape index (κ3) is 3.59. The van der Waals surface area contributed by atoms with Crippen LogP contribution >= 0.6 is 24.0 Å². The monoisotopic (exact) mass is 393 g/mol. The van der Waals surface area contributed by atoms with Gasteiger partial charge in [0.25, 0.3) is 0 Å². The fourth-order valence-corrected chi connectivity index (χ4v) is 3.37. The van der Waals surface area contributed by atoms with Crippen LogP contribution in [0.5, 0.6) is 0 Å². The molecule has 20 heavy (non-hydrogen) atoms. The summed E-state index contributed by atoms with van der Waals surface area (Å²) >= 11 is 0. The summed E-state index contributed by atoms with van der Waals surface area (Å²) in [6.07, 6.45) is 3.85. The fourth-order valence-electron chi connectivity index (χ4n) is 3.37. The number of likely N-dealkylation sites (tertiary alicyclic amines) is 1. The Kier molecular flexibility index (Phi) is 5.56. The van der Waals surface area contributed by atoms with Crippen LogP contribution in [0.1, 0.15) is 33.1 Å². The standard InChI is InChI=1S/C15H27N3O.HI/c1-3-16-14(17-9-13-8-12(13)2)18-6-4-15(10-18)5-7-19-11-15;/h12-13H,3-11H2,1-2H3,(H,16,17);1H. The van der Waals surface area contributed by atoms with Crippen molar-refractivity contribution < 1.29 is 4.74 Å². The second-order valence-corrected chi connectivity index (χ2v) is 6.64. The Morgan fingerprint density at radius 3 is 2.85 bits per heavy atom. The number of guanidine groups is 1. The molecule has 0 aromatic heterocycles. The number of rotatable bonds is 3. The molecular weight excluding hydrogens is 365 g/mol. The van der Waals surface area contributed by atoms with Gasteiger partial charge >= 0.3 is 0 Å². The Morgan fingerprint density at radius 1 is 1.45 bits per heavy atom. The minimum absolute atomic E-state index is 0. The Balaban J connectivity index is 0.00000147. The van der Waals surface area contributed by atoms with Crippen LogP contribution in [-0.4, -0.2) is 50.3 Å². The van der Waals surface area contributed by atoms with Crippen molar-refractivity contribution >= 4 is 29.9 Å². The summed E-state index contributed by atoms with van der Waals surface area (Å²) in [5, 5.41) is 3.46. The maximum absolute atomic E-state index is 5.61. The highest BCUT2D eigenvalue weighted by Crippen LogP contribution is 2.39. The molecule has 2 saturated heterocycles. The molecular formula is C15H28IN3O. The van der Waals surface area contributed by atoms with Crippen LogP contribution in [0.25, 0.3) is 0 Å². The molecule has 0 radical (unpaired) electrons. The Labute approximate surface area is 139 Å². The SMILES string of the molecule is CCNC(=NCC1CC1C)N1CCC2(CCOC2)C1.I. The van der Waals surface area contributed by atoms with Crippen molar-refractivity contribution in [2.45, 2.75) is 33.1 Å². The molecule has 116 valence electrons. The van der Waals surface area contributed by atoms with Gasteiger partial charge in [0.15, 0.2) is 5.96 Å². The van der Waals surface area contributed by atoms with Crippen molar-refractivity contribution in [3.8, 4) is 0 Å². The average Bonchev–Trinajstić information content (AvgIpc) is 2.85. The third-order valence-electron chi connectivity index (χ3n) is 5.01.